The lowest BCUT2D eigenvalue weighted by Gasteiger charge is -2.14. The Kier molecular flexibility index (Phi) is 12.2. The van der Waals surface area contributed by atoms with Gasteiger partial charge in [0, 0.05) is 3.57 Å². The predicted molar refractivity (Wildman–Crippen MR) is 115 cm³/mol. The highest BCUT2D eigenvalue weighted by atomic mass is 127. The van der Waals surface area contributed by atoms with Crippen molar-refractivity contribution < 1.29 is 9.90 Å². The molecular formula is C22H35IO2. The lowest BCUT2D eigenvalue weighted by atomic mass is 9.92. The molecule has 1 aromatic carbocycles. The molecule has 142 valence electrons. The van der Waals surface area contributed by atoms with Crippen molar-refractivity contribution >= 4 is 28.6 Å². The number of unbranched alkanes of at least 4 members (excludes halogenated alkanes) is 10. The fourth-order valence-corrected chi connectivity index (χ4v) is 3.67. The smallest absolute Gasteiger partial charge is 0.310 e. The van der Waals surface area contributed by atoms with Gasteiger partial charge in [-0.25, -0.2) is 0 Å². The molecule has 1 rings (SSSR count). The number of benzene rings is 1. The molecule has 0 saturated heterocycles. The van der Waals surface area contributed by atoms with Crippen LogP contribution in [-0.2, 0) is 4.79 Å². The monoisotopic (exact) mass is 458 g/mol. The molecule has 0 aliphatic carbocycles. The number of hydrogen-bond donors (Lipinski definition) is 1. The van der Waals surface area contributed by atoms with E-state index in [2.05, 4.69) is 29.5 Å². The molecule has 0 heterocycles. The summed E-state index contributed by atoms with van der Waals surface area (Å²) in [6.45, 7) is 4.31. The zero-order chi connectivity index (χ0) is 18.5. The van der Waals surface area contributed by atoms with E-state index in [0.717, 1.165) is 24.8 Å². The Morgan fingerprint density at radius 3 is 1.96 bits per heavy atom. The van der Waals surface area contributed by atoms with Gasteiger partial charge < -0.3 is 5.11 Å². The van der Waals surface area contributed by atoms with Gasteiger partial charge in [-0.3, -0.25) is 4.79 Å². The van der Waals surface area contributed by atoms with Crippen molar-refractivity contribution in [2.75, 3.05) is 0 Å². The largest absolute Gasteiger partial charge is 0.481 e. The molecule has 0 radical (unpaired) electrons. The molecule has 1 unspecified atom stereocenters. The van der Waals surface area contributed by atoms with Gasteiger partial charge in [0.2, 0.25) is 0 Å². The number of hydrogen-bond acceptors (Lipinski definition) is 1. The van der Waals surface area contributed by atoms with Gasteiger partial charge in [0.15, 0.2) is 0 Å². The van der Waals surface area contributed by atoms with Crippen LogP contribution in [-0.4, -0.2) is 11.1 Å². The molecule has 1 aromatic rings. The molecule has 0 saturated carbocycles. The summed E-state index contributed by atoms with van der Waals surface area (Å²) in [5.74, 6) is -1.04. The Morgan fingerprint density at radius 2 is 1.48 bits per heavy atom. The molecule has 0 aromatic heterocycles. The first-order valence-corrected chi connectivity index (χ1v) is 11.1. The number of rotatable bonds is 14. The number of carboxylic acid groups (broad SMARTS) is 1. The fraction of sp³-hybridized carbons (Fsp3) is 0.682. The first kappa shape index (κ1) is 22.5. The minimum atomic E-state index is -0.687. The molecule has 0 fully saturated rings. The number of halogens is 1. The average molecular weight is 458 g/mol. The number of aliphatic carboxylic acids is 1. The van der Waals surface area contributed by atoms with Gasteiger partial charge in [-0.05, 0) is 53.1 Å². The van der Waals surface area contributed by atoms with Crippen molar-refractivity contribution in [3.05, 3.63) is 32.9 Å². The van der Waals surface area contributed by atoms with Crippen molar-refractivity contribution in [2.45, 2.75) is 96.8 Å². The maximum Gasteiger partial charge on any atom is 0.310 e. The molecule has 0 spiro atoms. The van der Waals surface area contributed by atoms with E-state index in [4.69, 9.17) is 0 Å². The summed E-state index contributed by atoms with van der Waals surface area (Å²) < 4.78 is 1.19. The minimum Gasteiger partial charge on any atom is -0.481 e. The van der Waals surface area contributed by atoms with E-state index in [0.29, 0.717) is 0 Å². The Morgan fingerprint density at radius 1 is 0.960 bits per heavy atom. The van der Waals surface area contributed by atoms with Crippen molar-refractivity contribution in [3.63, 3.8) is 0 Å². The number of carboxylic acids is 1. The molecule has 3 heteroatoms. The number of aryl methyl sites for hydroxylation is 1. The third-order valence-corrected chi connectivity index (χ3v) is 6.19. The summed E-state index contributed by atoms with van der Waals surface area (Å²) in [6, 6.07) is 6.05. The van der Waals surface area contributed by atoms with Crippen LogP contribution in [0, 0.1) is 10.5 Å². The van der Waals surface area contributed by atoms with E-state index in [-0.39, 0.29) is 5.92 Å². The topological polar surface area (TPSA) is 37.3 Å². The first-order chi connectivity index (χ1) is 12.1. The van der Waals surface area contributed by atoms with Gasteiger partial charge in [-0.15, -0.1) is 0 Å². The highest BCUT2D eigenvalue weighted by Gasteiger charge is 2.19. The first-order valence-electron chi connectivity index (χ1n) is 10.0. The van der Waals surface area contributed by atoms with Crippen LogP contribution in [0.1, 0.15) is 101 Å². The van der Waals surface area contributed by atoms with Gasteiger partial charge in [0.05, 0.1) is 5.92 Å². The second kappa shape index (κ2) is 13.6. The van der Waals surface area contributed by atoms with Crippen LogP contribution in [0.4, 0.5) is 0 Å². The Hall–Kier alpha value is -0.580. The van der Waals surface area contributed by atoms with Crippen LogP contribution in [0.25, 0.3) is 0 Å². The summed E-state index contributed by atoms with van der Waals surface area (Å²) in [5.41, 5.74) is 2.13. The van der Waals surface area contributed by atoms with Crippen molar-refractivity contribution in [1.82, 2.24) is 0 Å². The molecule has 0 aliphatic rings. The normalized spacial score (nSPS) is 12.3. The summed E-state index contributed by atoms with van der Waals surface area (Å²) in [7, 11) is 0. The van der Waals surface area contributed by atoms with Gasteiger partial charge in [-0.2, -0.15) is 0 Å². The predicted octanol–water partition coefficient (Wildman–Crippen LogP) is 7.47. The van der Waals surface area contributed by atoms with Gasteiger partial charge >= 0.3 is 5.97 Å². The second-order valence-corrected chi connectivity index (χ2v) is 8.39. The molecule has 0 amide bonds. The molecule has 1 N–H and O–H groups in total. The van der Waals surface area contributed by atoms with Crippen LogP contribution >= 0.6 is 22.6 Å². The van der Waals surface area contributed by atoms with Crippen molar-refractivity contribution in [2.24, 2.45) is 0 Å². The third-order valence-electron chi connectivity index (χ3n) is 4.98. The summed E-state index contributed by atoms with van der Waals surface area (Å²) >= 11 is 2.29. The summed E-state index contributed by atoms with van der Waals surface area (Å²) in [4.78, 5) is 11.6. The molecule has 25 heavy (non-hydrogen) atoms. The number of carbonyl (C=O) groups is 1. The van der Waals surface area contributed by atoms with E-state index >= 15 is 0 Å². The fourth-order valence-electron chi connectivity index (χ4n) is 3.33. The standard InChI is InChI=1S/C22H35IO2/c1-3-4-5-6-7-8-9-10-11-12-13-14-20(22(24)25)19-15-16-21(23)18(2)17-19/h15-17,20H,3-14H2,1-2H3,(H,24,25). The van der Waals surface area contributed by atoms with Crippen LogP contribution in [0.5, 0.6) is 0 Å². The Balaban J connectivity index is 2.17. The Bertz CT molecular complexity index is 499. The summed E-state index contributed by atoms with van der Waals surface area (Å²) in [5, 5.41) is 9.55. The Labute approximate surface area is 167 Å². The van der Waals surface area contributed by atoms with Crippen LogP contribution in [0.15, 0.2) is 18.2 Å². The lowest BCUT2D eigenvalue weighted by Crippen LogP contribution is -2.12. The van der Waals surface area contributed by atoms with Crippen molar-refractivity contribution in [1.29, 1.82) is 0 Å². The quantitative estimate of drug-likeness (QED) is 0.232. The minimum absolute atomic E-state index is 0.353. The molecule has 1 atom stereocenters. The highest BCUT2D eigenvalue weighted by molar-refractivity contribution is 14.1. The highest BCUT2D eigenvalue weighted by Crippen LogP contribution is 2.26. The van der Waals surface area contributed by atoms with E-state index in [1.165, 1.54) is 66.9 Å². The maximum atomic E-state index is 11.6. The molecule has 0 bridgehead atoms. The molecule has 0 aliphatic heterocycles. The summed E-state index contributed by atoms with van der Waals surface area (Å²) in [6.07, 6.45) is 15.0. The van der Waals surface area contributed by atoms with Crippen LogP contribution < -0.4 is 0 Å². The van der Waals surface area contributed by atoms with E-state index < -0.39 is 5.97 Å². The zero-order valence-electron chi connectivity index (χ0n) is 16.0. The van der Waals surface area contributed by atoms with Crippen LogP contribution in [0.2, 0.25) is 0 Å². The molecular weight excluding hydrogens is 423 g/mol. The van der Waals surface area contributed by atoms with E-state index in [1.54, 1.807) is 0 Å². The zero-order valence-corrected chi connectivity index (χ0v) is 18.2. The van der Waals surface area contributed by atoms with E-state index in [9.17, 15) is 9.90 Å². The SMILES string of the molecule is CCCCCCCCCCCCCC(C(=O)O)c1ccc(I)c(C)c1. The lowest BCUT2D eigenvalue weighted by molar-refractivity contribution is -0.139. The second-order valence-electron chi connectivity index (χ2n) is 7.22. The van der Waals surface area contributed by atoms with Crippen LogP contribution in [0.3, 0.4) is 0 Å². The van der Waals surface area contributed by atoms with Crippen molar-refractivity contribution in [3.8, 4) is 0 Å². The maximum absolute atomic E-state index is 11.6. The van der Waals surface area contributed by atoms with Gasteiger partial charge in [-0.1, -0.05) is 89.7 Å². The third kappa shape index (κ3) is 9.62. The molecule has 2 nitrogen and oxygen atoms in total. The van der Waals surface area contributed by atoms with Gasteiger partial charge in [0.25, 0.3) is 0 Å². The van der Waals surface area contributed by atoms with E-state index in [1.807, 2.05) is 25.1 Å². The average Bonchev–Trinajstić information content (AvgIpc) is 2.58. The van der Waals surface area contributed by atoms with Gasteiger partial charge in [0.1, 0.15) is 0 Å².